The number of hydrogen-bond donors (Lipinski definition) is 2. The van der Waals surface area contributed by atoms with Crippen molar-refractivity contribution in [2.45, 2.75) is 69.2 Å². The van der Waals surface area contributed by atoms with Crippen LogP contribution >= 0.6 is 11.6 Å². The predicted octanol–water partition coefficient (Wildman–Crippen LogP) is 7.35. The van der Waals surface area contributed by atoms with Crippen LogP contribution in [-0.4, -0.2) is 57.0 Å². The van der Waals surface area contributed by atoms with Crippen molar-refractivity contribution >= 4 is 45.8 Å². The van der Waals surface area contributed by atoms with Gasteiger partial charge in [-0.05, 0) is 99.3 Å². The maximum absolute atomic E-state index is 14.9. The molecule has 1 spiro atoms. The van der Waals surface area contributed by atoms with Crippen molar-refractivity contribution < 1.29 is 27.8 Å². The van der Waals surface area contributed by atoms with E-state index in [0.717, 1.165) is 56.0 Å². The number of halogens is 3. The summed E-state index contributed by atoms with van der Waals surface area (Å²) in [4.78, 5) is 38.1. The summed E-state index contributed by atoms with van der Waals surface area (Å²) in [6.45, 7) is 3.83. The predicted molar refractivity (Wildman–Crippen MR) is 195 cm³/mol. The number of imidazole rings is 1. The van der Waals surface area contributed by atoms with Gasteiger partial charge in [0.05, 0.1) is 41.3 Å². The van der Waals surface area contributed by atoms with Gasteiger partial charge in [-0.2, -0.15) is 0 Å². The molecule has 1 atom stereocenters. The van der Waals surface area contributed by atoms with Gasteiger partial charge in [-0.1, -0.05) is 23.7 Å². The summed E-state index contributed by atoms with van der Waals surface area (Å²) in [6.07, 6.45) is 4.26. The van der Waals surface area contributed by atoms with Gasteiger partial charge in [0.1, 0.15) is 24.1 Å². The van der Waals surface area contributed by atoms with E-state index >= 15 is 0 Å². The molecule has 53 heavy (non-hydrogen) atoms. The van der Waals surface area contributed by atoms with E-state index in [1.807, 2.05) is 18.2 Å². The highest BCUT2D eigenvalue weighted by molar-refractivity contribution is 6.30. The van der Waals surface area contributed by atoms with Crippen LogP contribution < -0.4 is 15.4 Å². The molecule has 2 saturated heterocycles. The number of anilines is 2. The highest BCUT2D eigenvalue weighted by Gasteiger charge is 2.57. The molecule has 3 fully saturated rings. The van der Waals surface area contributed by atoms with Gasteiger partial charge in [-0.15, -0.1) is 0 Å². The van der Waals surface area contributed by atoms with E-state index < -0.39 is 17.0 Å². The third kappa shape index (κ3) is 6.53. The van der Waals surface area contributed by atoms with Crippen LogP contribution in [0.5, 0.6) is 5.88 Å². The van der Waals surface area contributed by atoms with Crippen LogP contribution in [0.1, 0.15) is 71.0 Å². The van der Waals surface area contributed by atoms with Crippen molar-refractivity contribution in [1.82, 2.24) is 19.4 Å². The average molecular weight is 739 g/mol. The Kier molecular flexibility index (Phi) is 8.63. The summed E-state index contributed by atoms with van der Waals surface area (Å²) in [5.41, 5.74) is 3.87. The molecular weight excluding hydrogens is 702 g/mol. The molecule has 10 nitrogen and oxygen atoms in total. The summed E-state index contributed by atoms with van der Waals surface area (Å²) in [6, 6.07) is 18.7. The molecule has 0 radical (unpaired) electrons. The zero-order chi connectivity index (χ0) is 36.3. The minimum atomic E-state index is -0.670. The monoisotopic (exact) mass is 738 g/mol. The van der Waals surface area contributed by atoms with Crippen LogP contribution in [0.4, 0.5) is 20.2 Å². The fraction of sp³-hybridized carbons (Fsp3) is 0.350. The first-order valence-electron chi connectivity index (χ1n) is 18.1. The summed E-state index contributed by atoms with van der Waals surface area (Å²) >= 11 is 5.88. The fourth-order valence-corrected chi connectivity index (χ4v) is 7.92. The molecule has 272 valence electrons. The number of pyridine rings is 1. The van der Waals surface area contributed by atoms with E-state index in [1.54, 1.807) is 36.4 Å². The van der Waals surface area contributed by atoms with Crippen molar-refractivity contribution in [1.29, 1.82) is 0 Å². The van der Waals surface area contributed by atoms with E-state index in [0.29, 0.717) is 64.7 Å². The Balaban J connectivity index is 0.877. The molecular formula is C40H37ClF2N6O4. The highest BCUT2D eigenvalue weighted by Crippen LogP contribution is 2.56. The summed E-state index contributed by atoms with van der Waals surface area (Å²) in [7, 11) is 0. The molecule has 1 aliphatic carbocycles. The number of rotatable bonds is 10. The standard InChI is InChI=1S/C40H37ClF2N6O4/c41-26-6-4-25(30(42)17-26)22-53-36-3-1-2-32(46-36)23-8-13-48(14-9-23)21-35-45-33-16-24(5-7-34(33)49(35)20-28-10-15-52-28)38(50)44-27-18-29-37(31(43)19-27)47-39(51)40(29)11-12-40/h1-7,16-19,23,28H,8-15,20-22H2,(H,44,50)(H,47,51)/t28-/m0/s1. The molecule has 13 heteroatoms. The Morgan fingerprint density at radius 1 is 1.02 bits per heavy atom. The maximum atomic E-state index is 14.9. The van der Waals surface area contributed by atoms with Crippen molar-refractivity contribution in [3.63, 3.8) is 0 Å². The molecule has 5 heterocycles. The van der Waals surface area contributed by atoms with Crippen LogP contribution in [0.3, 0.4) is 0 Å². The number of carbonyl (C=O) groups excluding carboxylic acids is 2. The van der Waals surface area contributed by atoms with Crippen molar-refractivity contribution in [3.8, 4) is 5.88 Å². The number of nitrogens with zero attached hydrogens (tertiary/aromatic N) is 4. The smallest absolute Gasteiger partial charge is 0.255 e. The van der Waals surface area contributed by atoms with E-state index in [1.165, 1.54) is 12.1 Å². The average Bonchev–Trinajstić information content (AvgIpc) is 3.81. The van der Waals surface area contributed by atoms with Gasteiger partial charge in [0.25, 0.3) is 5.91 Å². The zero-order valence-corrected chi connectivity index (χ0v) is 29.6. The second kappa shape index (κ2) is 13.5. The number of carbonyl (C=O) groups is 2. The number of ether oxygens (including phenoxy) is 2. The number of nitrogens with one attached hydrogen (secondary N) is 2. The molecule has 4 aliphatic rings. The molecule has 2 aromatic heterocycles. The first-order chi connectivity index (χ1) is 25.7. The lowest BCUT2D eigenvalue weighted by Crippen LogP contribution is -2.35. The lowest BCUT2D eigenvalue weighted by Gasteiger charge is -2.32. The van der Waals surface area contributed by atoms with Gasteiger partial charge >= 0.3 is 0 Å². The molecule has 0 bridgehead atoms. The number of amides is 2. The van der Waals surface area contributed by atoms with Gasteiger partial charge in [0.15, 0.2) is 0 Å². The maximum Gasteiger partial charge on any atom is 0.255 e. The van der Waals surface area contributed by atoms with Crippen LogP contribution in [0.15, 0.2) is 66.7 Å². The second-order valence-electron chi connectivity index (χ2n) is 14.5. The van der Waals surface area contributed by atoms with Gasteiger partial charge in [0.2, 0.25) is 11.8 Å². The Labute approximate surface area is 309 Å². The zero-order valence-electron chi connectivity index (χ0n) is 28.8. The highest BCUT2D eigenvalue weighted by atomic mass is 35.5. The molecule has 2 N–H and O–H groups in total. The minimum absolute atomic E-state index is 0.0627. The third-order valence-electron chi connectivity index (χ3n) is 11.1. The first kappa shape index (κ1) is 33.9. The normalized spacial score (nSPS) is 19.2. The van der Waals surface area contributed by atoms with Gasteiger partial charge < -0.3 is 24.7 Å². The van der Waals surface area contributed by atoms with Crippen molar-refractivity contribution in [3.05, 3.63) is 112 Å². The Morgan fingerprint density at radius 3 is 2.60 bits per heavy atom. The molecule has 3 aliphatic heterocycles. The molecule has 1 saturated carbocycles. The summed E-state index contributed by atoms with van der Waals surface area (Å²) in [5.74, 6) is 0.0971. The molecule has 2 amide bonds. The number of benzene rings is 3. The van der Waals surface area contributed by atoms with E-state index in [4.69, 9.17) is 31.0 Å². The fourth-order valence-electron chi connectivity index (χ4n) is 7.76. The van der Waals surface area contributed by atoms with Crippen molar-refractivity contribution in [2.24, 2.45) is 0 Å². The van der Waals surface area contributed by atoms with Crippen LogP contribution in [-0.2, 0) is 34.6 Å². The van der Waals surface area contributed by atoms with Crippen LogP contribution in [0, 0.1) is 11.6 Å². The molecule has 5 aromatic rings. The number of aromatic nitrogens is 3. The molecule has 3 aromatic carbocycles. The van der Waals surface area contributed by atoms with Gasteiger partial charge in [-0.3, -0.25) is 14.5 Å². The lowest BCUT2D eigenvalue weighted by molar-refractivity contribution is -0.117. The summed E-state index contributed by atoms with van der Waals surface area (Å²) < 4.78 is 43.0. The van der Waals surface area contributed by atoms with Crippen molar-refractivity contribution in [2.75, 3.05) is 30.3 Å². The third-order valence-corrected chi connectivity index (χ3v) is 11.3. The topological polar surface area (TPSA) is 111 Å². The second-order valence-corrected chi connectivity index (χ2v) is 14.9. The summed E-state index contributed by atoms with van der Waals surface area (Å²) in [5, 5.41) is 5.84. The van der Waals surface area contributed by atoms with Gasteiger partial charge in [0, 0.05) is 46.1 Å². The van der Waals surface area contributed by atoms with Gasteiger partial charge in [-0.25, -0.2) is 18.7 Å². The number of fused-ring (bicyclic) bond motifs is 3. The lowest BCUT2D eigenvalue weighted by atomic mass is 9.93. The Bertz CT molecular complexity index is 2260. The van der Waals surface area contributed by atoms with E-state index in [2.05, 4.69) is 20.1 Å². The number of piperidine rings is 1. The first-order valence-corrected chi connectivity index (χ1v) is 18.4. The largest absolute Gasteiger partial charge is 0.473 e. The Morgan fingerprint density at radius 2 is 1.85 bits per heavy atom. The van der Waals surface area contributed by atoms with E-state index in [9.17, 15) is 18.4 Å². The SMILES string of the molecule is O=C(Nc1cc(F)c2c(c1)C1(CC1)C(=O)N2)c1ccc2c(c1)nc(CN1CCC(c3cccc(OCc4ccc(Cl)cc4F)n3)CC1)n2C[C@@H]1CCO1. The van der Waals surface area contributed by atoms with Crippen LogP contribution in [0.2, 0.25) is 5.02 Å². The molecule has 0 unspecified atom stereocenters. The molecule has 9 rings (SSSR count). The number of likely N-dealkylation sites (tertiary alicyclic amines) is 1. The minimum Gasteiger partial charge on any atom is -0.473 e. The number of hydrogen-bond acceptors (Lipinski definition) is 7. The Hall–Kier alpha value is -4.91. The quantitative estimate of drug-likeness (QED) is 0.154. The van der Waals surface area contributed by atoms with Crippen LogP contribution in [0.25, 0.3) is 11.0 Å². The van der Waals surface area contributed by atoms with E-state index in [-0.39, 0.29) is 36.1 Å².